The summed E-state index contributed by atoms with van der Waals surface area (Å²) in [6, 6.07) is 9.40. The number of halogens is 1. The average Bonchev–Trinajstić information content (AvgIpc) is 2.27. The third kappa shape index (κ3) is 3.71. The number of rotatable bonds is 3. The summed E-state index contributed by atoms with van der Waals surface area (Å²) in [6.07, 6.45) is 0. The second-order valence-electron chi connectivity index (χ2n) is 5.64. The van der Waals surface area contributed by atoms with E-state index in [9.17, 15) is 0 Å². The zero-order chi connectivity index (χ0) is 13.1. The maximum Gasteiger partial charge on any atom is 0.0408 e. The Kier molecular flexibility index (Phi) is 4.66. The fraction of sp³-hybridized carbons (Fsp3) is 0.600. The van der Waals surface area contributed by atoms with E-state index in [1.54, 1.807) is 0 Å². The Labute approximate surface area is 115 Å². The molecule has 0 saturated carbocycles. The van der Waals surface area contributed by atoms with Gasteiger partial charge in [0.05, 0.1) is 0 Å². The van der Waals surface area contributed by atoms with Crippen molar-refractivity contribution in [1.82, 2.24) is 10.2 Å². The lowest BCUT2D eigenvalue weighted by atomic mass is 9.99. The van der Waals surface area contributed by atoms with Gasteiger partial charge in [0.1, 0.15) is 0 Å². The van der Waals surface area contributed by atoms with E-state index in [-0.39, 0.29) is 0 Å². The molecule has 1 aliphatic rings. The van der Waals surface area contributed by atoms with Gasteiger partial charge in [0, 0.05) is 36.7 Å². The van der Waals surface area contributed by atoms with Crippen LogP contribution in [0.25, 0.3) is 0 Å². The van der Waals surface area contributed by atoms with E-state index < -0.39 is 0 Å². The molecule has 1 N–H and O–H groups in total. The van der Waals surface area contributed by atoms with E-state index in [2.05, 4.69) is 43.1 Å². The SMILES string of the molecule is CC1CN(CC(C)c2cccc(Cl)c2)CC(C)N1. The summed E-state index contributed by atoms with van der Waals surface area (Å²) in [5.41, 5.74) is 1.33. The van der Waals surface area contributed by atoms with Gasteiger partial charge in [-0.2, -0.15) is 0 Å². The molecule has 3 atom stereocenters. The van der Waals surface area contributed by atoms with Gasteiger partial charge in [0.2, 0.25) is 0 Å². The fourth-order valence-corrected chi connectivity index (χ4v) is 3.09. The van der Waals surface area contributed by atoms with Crippen molar-refractivity contribution in [2.45, 2.75) is 38.8 Å². The Morgan fingerprint density at radius 3 is 2.61 bits per heavy atom. The van der Waals surface area contributed by atoms with Gasteiger partial charge in [-0.25, -0.2) is 0 Å². The highest BCUT2D eigenvalue weighted by atomic mass is 35.5. The maximum absolute atomic E-state index is 6.05. The number of benzene rings is 1. The van der Waals surface area contributed by atoms with Crippen LogP contribution in [0.5, 0.6) is 0 Å². The first-order chi connectivity index (χ1) is 8.54. The molecule has 0 aromatic heterocycles. The van der Waals surface area contributed by atoms with Gasteiger partial charge in [-0.05, 0) is 37.5 Å². The van der Waals surface area contributed by atoms with Gasteiger partial charge in [0.15, 0.2) is 0 Å². The zero-order valence-corrected chi connectivity index (χ0v) is 12.2. The fourth-order valence-electron chi connectivity index (χ4n) is 2.90. The first kappa shape index (κ1) is 13.9. The molecule has 1 saturated heterocycles. The number of nitrogens with zero attached hydrogens (tertiary/aromatic N) is 1. The Morgan fingerprint density at radius 2 is 2.00 bits per heavy atom. The first-order valence-electron chi connectivity index (χ1n) is 6.78. The van der Waals surface area contributed by atoms with E-state index in [1.165, 1.54) is 5.56 Å². The van der Waals surface area contributed by atoms with Crippen LogP contribution in [0, 0.1) is 0 Å². The van der Waals surface area contributed by atoms with Crippen LogP contribution in [0.15, 0.2) is 24.3 Å². The largest absolute Gasteiger partial charge is 0.309 e. The van der Waals surface area contributed by atoms with Gasteiger partial charge in [-0.15, -0.1) is 0 Å². The quantitative estimate of drug-likeness (QED) is 0.904. The van der Waals surface area contributed by atoms with Gasteiger partial charge < -0.3 is 5.32 Å². The van der Waals surface area contributed by atoms with Crippen molar-refractivity contribution in [3.8, 4) is 0 Å². The van der Waals surface area contributed by atoms with E-state index >= 15 is 0 Å². The van der Waals surface area contributed by atoms with Gasteiger partial charge in [-0.1, -0.05) is 30.7 Å². The predicted molar refractivity (Wildman–Crippen MR) is 78.4 cm³/mol. The van der Waals surface area contributed by atoms with Crippen LogP contribution in [0.4, 0.5) is 0 Å². The highest BCUT2D eigenvalue weighted by Gasteiger charge is 2.22. The lowest BCUT2D eigenvalue weighted by Crippen LogP contribution is -2.54. The topological polar surface area (TPSA) is 15.3 Å². The van der Waals surface area contributed by atoms with Crippen molar-refractivity contribution in [3.63, 3.8) is 0 Å². The smallest absolute Gasteiger partial charge is 0.0408 e. The summed E-state index contributed by atoms with van der Waals surface area (Å²) in [6.45, 7) is 10.2. The maximum atomic E-state index is 6.05. The highest BCUT2D eigenvalue weighted by Crippen LogP contribution is 2.21. The van der Waals surface area contributed by atoms with Crippen molar-refractivity contribution < 1.29 is 0 Å². The Balaban J connectivity index is 1.96. The standard InChI is InChI=1S/C15H23ClN2/c1-11(14-5-4-6-15(16)7-14)8-18-9-12(2)17-13(3)10-18/h4-7,11-13,17H,8-10H2,1-3H3. The monoisotopic (exact) mass is 266 g/mol. The van der Waals surface area contributed by atoms with Crippen molar-refractivity contribution in [3.05, 3.63) is 34.9 Å². The van der Waals surface area contributed by atoms with E-state index in [4.69, 9.17) is 11.6 Å². The molecule has 18 heavy (non-hydrogen) atoms. The van der Waals surface area contributed by atoms with Crippen molar-refractivity contribution in [2.75, 3.05) is 19.6 Å². The minimum atomic E-state index is 0.529. The summed E-state index contributed by atoms with van der Waals surface area (Å²) in [7, 11) is 0. The molecule has 1 aromatic carbocycles. The van der Waals surface area contributed by atoms with Crippen LogP contribution < -0.4 is 5.32 Å². The molecular weight excluding hydrogens is 244 g/mol. The molecule has 1 heterocycles. The molecule has 0 spiro atoms. The Bertz CT molecular complexity index is 384. The third-order valence-corrected chi connectivity index (χ3v) is 3.82. The summed E-state index contributed by atoms with van der Waals surface area (Å²) < 4.78 is 0. The van der Waals surface area contributed by atoms with Crippen LogP contribution in [-0.2, 0) is 0 Å². The molecule has 2 nitrogen and oxygen atoms in total. The molecule has 1 aliphatic heterocycles. The summed E-state index contributed by atoms with van der Waals surface area (Å²) in [5.74, 6) is 0.529. The number of hydrogen-bond donors (Lipinski definition) is 1. The van der Waals surface area contributed by atoms with E-state index in [0.29, 0.717) is 18.0 Å². The second-order valence-corrected chi connectivity index (χ2v) is 6.08. The molecule has 2 rings (SSSR count). The number of nitrogens with one attached hydrogen (secondary N) is 1. The molecule has 3 unspecified atom stereocenters. The van der Waals surface area contributed by atoms with Gasteiger partial charge >= 0.3 is 0 Å². The summed E-state index contributed by atoms with van der Waals surface area (Å²) in [5, 5.41) is 4.40. The van der Waals surface area contributed by atoms with Crippen LogP contribution >= 0.6 is 11.6 Å². The highest BCUT2D eigenvalue weighted by molar-refractivity contribution is 6.30. The number of hydrogen-bond acceptors (Lipinski definition) is 2. The normalized spacial score (nSPS) is 27.1. The van der Waals surface area contributed by atoms with Crippen LogP contribution in [0.3, 0.4) is 0 Å². The zero-order valence-electron chi connectivity index (χ0n) is 11.5. The molecule has 3 heteroatoms. The van der Waals surface area contributed by atoms with Crippen LogP contribution in [-0.4, -0.2) is 36.6 Å². The van der Waals surface area contributed by atoms with Crippen LogP contribution in [0.2, 0.25) is 5.02 Å². The van der Waals surface area contributed by atoms with Crippen molar-refractivity contribution >= 4 is 11.6 Å². The molecule has 1 aromatic rings. The van der Waals surface area contributed by atoms with Crippen LogP contribution in [0.1, 0.15) is 32.3 Å². The molecule has 0 radical (unpaired) electrons. The molecule has 0 bridgehead atoms. The summed E-state index contributed by atoms with van der Waals surface area (Å²) in [4.78, 5) is 2.55. The van der Waals surface area contributed by atoms with Crippen molar-refractivity contribution in [1.29, 1.82) is 0 Å². The van der Waals surface area contributed by atoms with E-state index in [0.717, 1.165) is 24.7 Å². The molecule has 0 amide bonds. The molecule has 100 valence electrons. The minimum absolute atomic E-state index is 0.529. The Morgan fingerprint density at radius 1 is 1.33 bits per heavy atom. The third-order valence-electron chi connectivity index (χ3n) is 3.58. The average molecular weight is 267 g/mol. The Hall–Kier alpha value is -0.570. The number of piperazine rings is 1. The lowest BCUT2D eigenvalue weighted by molar-refractivity contribution is 0.167. The first-order valence-corrected chi connectivity index (χ1v) is 7.16. The minimum Gasteiger partial charge on any atom is -0.309 e. The van der Waals surface area contributed by atoms with Gasteiger partial charge in [0.25, 0.3) is 0 Å². The molecule has 1 fully saturated rings. The second kappa shape index (κ2) is 6.05. The van der Waals surface area contributed by atoms with Gasteiger partial charge in [-0.3, -0.25) is 4.90 Å². The molecule has 0 aliphatic carbocycles. The summed E-state index contributed by atoms with van der Waals surface area (Å²) >= 11 is 6.05. The van der Waals surface area contributed by atoms with E-state index in [1.807, 2.05) is 12.1 Å². The molecular formula is C15H23ClN2. The lowest BCUT2D eigenvalue weighted by Gasteiger charge is -2.37. The predicted octanol–water partition coefficient (Wildman–Crippen LogP) is 3.13. The van der Waals surface area contributed by atoms with Crippen molar-refractivity contribution in [2.24, 2.45) is 0 Å².